The fourth-order valence-electron chi connectivity index (χ4n) is 2.31. The molecular weight excluding hydrogens is 296 g/mol. The number of hydrogen-bond acceptors (Lipinski definition) is 4. The van der Waals surface area contributed by atoms with Crippen molar-refractivity contribution < 1.29 is 4.79 Å². The predicted molar refractivity (Wildman–Crippen MR) is 88.7 cm³/mol. The number of carbonyl (C=O) groups excluding carboxylic acids is 1. The maximum Gasteiger partial charge on any atom is 0.262 e. The van der Waals surface area contributed by atoms with E-state index >= 15 is 0 Å². The van der Waals surface area contributed by atoms with Gasteiger partial charge in [-0.25, -0.2) is 4.98 Å². The summed E-state index contributed by atoms with van der Waals surface area (Å²) in [6.45, 7) is 4.23. The number of benzene rings is 1. The summed E-state index contributed by atoms with van der Waals surface area (Å²) in [6.07, 6.45) is 1.45. The van der Waals surface area contributed by atoms with Gasteiger partial charge in [0.2, 0.25) is 0 Å². The van der Waals surface area contributed by atoms with Crippen molar-refractivity contribution in [1.29, 1.82) is 0 Å². The van der Waals surface area contributed by atoms with Crippen molar-refractivity contribution in [3.8, 4) is 0 Å². The van der Waals surface area contributed by atoms with Gasteiger partial charge < -0.3 is 0 Å². The first-order valence-corrected chi connectivity index (χ1v) is 8.00. The number of thiophene rings is 1. The fraction of sp³-hybridized carbons (Fsp3) is 0.235. The van der Waals surface area contributed by atoms with Gasteiger partial charge in [0, 0.05) is 5.56 Å². The van der Waals surface area contributed by atoms with Crippen LogP contribution in [0.4, 0.5) is 0 Å². The van der Waals surface area contributed by atoms with Gasteiger partial charge in [-0.2, -0.15) is 0 Å². The van der Waals surface area contributed by atoms with Crippen LogP contribution in [0.2, 0.25) is 0 Å². The molecule has 4 nitrogen and oxygen atoms in total. The molecule has 3 rings (SSSR count). The molecule has 2 aromatic heterocycles. The summed E-state index contributed by atoms with van der Waals surface area (Å²) in [4.78, 5) is 29.5. The molecule has 0 amide bonds. The van der Waals surface area contributed by atoms with E-state index in [9.17, 15) is 9.59 Å². The normalized spacial score (nSPS) is 11.2. The van der Waals surface area contributed by atoms with Gasteiger partial charge in [-0.3, -0.25) is 14.2 Å². The zero-order valence-electron chi connectivity index (χ0n) is 12.4. The molecule has 0 aliphatic heterocycles. The van der Waals surface area contributed by atoms with E-state index in [4.69, 9.17) is 0 Å². The lowest BCUT2D eigenvalue weighted by atomic mass is 10.0. The first-order chi connectivity index (χ1) is 10.6. The van der Waals surface area contributed by atoms with Crippen LogP contribution in [0.25, 0.3) is 10.2 Å². The fourth-order valence-corrected chi connectivity index (χ4v) is 3.03. The number of Topliss-reactive ketones (excluding diaryl/α,β-unsaturated/α-hetero) is 1. The molecule has 0 N–H and O–H groups in total. The molecule has 0 unspecified atom stereocenters. The topological polar surface area (TPSA) is 52.0 Å². The van der Waals surface area contributed by atoms with Gasteiger partial charge in [-0.15, -0.1) is 11.3 Å². The molecule has 0 atom stereocenters. The average molecular weight is 312 g/mol. The van der Waals surface area contributed by atoms with Gasteiger partial charge in [0.15, 0.2) is 5.78 Å². The zero-order valence-corrected chi connectivity index (χ0v) is 13.3. The van der Waals surface area contributed by atoms with Gasteiger partial charge in [0.1, 0.15) is 4.83 Å². The summed E-state index contributed by atoms with van der Waals surface area (Å²) in [6, 6.07) is 9.30. The molecule has 3 aromatic rings. The van der Waals surface area contributed by atoms with Crippen LogP contribution in [0.15, 0.2) is 46.8 Å². The van der Waals surface area contributed by atoms with Gasteiger partial charge in [0.25, 0.3) is 5.56 Å². The molecule has 5 heteroatoms. The predicted octanol–water partition coefficient (Wildman–Crippen LogP) is 3.46. The number of ketones is 1. The molecule has 22 heavy (non-hydrogen) atoms. The number of rotatable bonds is 4. The number of aromatic nitrogens is 2. The first kappa shape index (κ1) is 14.7. The average Bonchev–Trinajstić information content (AvgIpc) is 2.99. The zero-order chi connectivity index (χ0) is 15.7. The van der Waals surface area contributed by atoms with Crippen LogP contribution in [0.1, 0.15) is 35.7 Å². The molecule has 0 aliphatic rings. The Labute approximate surface area is 132 Å². The van der Waals surface area contributed by atoms with Crippen LogP contribution in [-0.4, -0.2) is 15.3 Å². The Morgan fingerprint density at radius 1 is 1.23 bits per heavy atom. The second-order valence-corrected chi connectivity index (χ2v) is 6.41. The third kappa shape index (κ3) is 2.72. The van der Waals surface area contributed by atoms with Crippen molar-refractivity contribution in [2.75, 3.05) is 0 Å². The molecule has 0 spiro atoms. The molecule has 2 heterocycles. The van der Waals surface area contributed by atoms with Crippen molar-refractivity contribution in [2.45, 2.75) is 26.3 Å². The Morgan fingerprint density at radius 3 is 2.64 bits per heavy atom. The minimum Gasteiger partial charge on any atom is -0.292 e. The van der Waals surface area contributed by atoms with E-state index in [-0.39, 0.29) is 17.9 Å². The lowest BCUT2D eigenvalue weighted by Crippen LogP contribution is -2.24. The number of hydrogen-bond donors (Lipinski definition) is 0. The Hall–Kier alpha value is -2.27. The molecule has 0 bridgehead atoms. The largest absolute Gasteiger partial charge is 0.292 e. The van der Waals surface area contributed by atoms with E-state index in [1.807, 2.05) is 29.6 Å². The summed E-state index contributed by atoms with van der Waals surface area (Å²) in [5.74, 6) is 0.339. The minimum absolute atomic E-state index is 0.0125. The highest BCUT2D eigenvalue weighted by Crippen LogP contribution is 2.16. The van der Waals surface area contributed by atoms with E-state index in [1.54, 1.807) is 6.07 Å². The van der Waals surface area contributed by atoms with E-state index in [0.29, 0.717) is 21.7 Å². The summed E-state index contributed by atoms with van der Waals surface area (Å²) < 4.78 is 1.37. The first-order valence-electron chi connectivity index (χ1n) is 7.12. The second-order valence-electron chi connectivity index (χ2n) is 5.52. The van der Waals surface area contributed by atoms with Gasteiger partial charge in [-0.1, -0.05) is 38.1 Å². The SMILES string of the molecule is CC(C)c1ccc(C(=O)Cn2cnc3sccc3c2=O)cc1. The third-order valence-corrected chi connectivity index (χ3v) is 4.48. The smallest absolute Gasteiger partial charge is 0.262 e. The Balaban J connectivity index is 1.86. The standard InChI is InChI=1S/C17H16N2O2S/c1-11(2)12-3-5-13(6-4-12)15(20)9-19-10-18-16-14(17(19)21)7-8-22-16/h3-8,10-11H,9H2,1-2H3. The van der Waals surface area contributed by atoms with Crippen molar-refractivity contribution >= 4 is 27.3 Å². The van der Waals surface area contributed by atoms with Crippen molar-refractivity contribution in [1.82, 2.24) is 9.55 Å². The van der Waals surface area contributed by atoms with E-state index in [1.165, 1.54) is 27.8 Å². The van der Waals surface area contributed by atoms with Gasteiger partial charge in [-0.05, 0) is 22.9 Å². The van der Waals surface area contributed by atoms with Crippen LogP contribution in [0.5, 0.6) is 0 Å². The maximum atomic E-state index is 12.3. The van der Waals surface area contributed by atoms with E-state index in [0.717, 1.165) is 0 Å². The Kier molecular flexibility index (Phi) is 3.90. The lowest BCUT2D eigenvalue weighted by Gasteiger charge is -2.07. The number of nitrogens with zero attached hydrogens (tertiary/aromatic N) is 2. The number of carbonyl (C=O) groups is 1. The molecule has 0 saturated carbocycles. The molecule has 0 radical (unpaired) electrons. The Bertz CT molecular complexity index is 876. The highest BCUT2D eigenvalue weighted by Gasteiger charge is 2.11. The van der Waals surface area contributed by atoms with E-state index in [2.05, 4.69) is 18.8 Å². The van der Waals surface area contributed by atoms with Crippen molar-refractivity contribution in [3.05, 3.63) is 63.5 Å². The summed E-state index contributed by atoms with van der Waals surface area (Å²) >= 11 is 1.42. The maximum absolute atomic E-state index is 12.3. The monoisotopic (exact) mass is 312 g/mol. The van der Waals surface area contributed by atoms with Gasteiger partial charge in [0.05, 0.1) is 18.3 Å². The summed E-state index contributed by atoms with van der Waals surface area (Å²) in [7, 11) is 0. The number of fused-ring (bicyclic) bond motifs is 1. The van der Waals surface area contributed by atoms with Crippen LogP contribution in [0, 0.1) is 0 Å². The second kappa shape index (κ2) is 5.85. The summed E-state index contributed by atoms with van der Waals surface area (Å²) in [5.41, 5.74) is 1.63. The van der Waals surface area contributed by atoms with Crippen LogP contribution >= 0.6 is 11.3 Å². The van der Waals surface area contributed by atoms with E-state index < -0.39 is 0 Å². The van der Waals surface area contributed by atoms with Crippen LogP contribution < -0.4 is 5.56 Å². The van der Waals surface area contributed by atoms with Gasteiger partial charge >= 0.3 is 0 Å². The highest BCUT2D eigenvalue weighted by molar-refractivity contribution is 7.16. The molecule has 1 aromatic carbocycles. The Morgan fingerprint density at radius 2 is 1.95 bits per heavy atom. The minimum atomic E-state index is -0.168. The third-order valence-electron chi connectivity index (χ3n) is 3.66. The molecule has 0 saturated heterocycles. The highest BCUT2D eigenvalue weighted by atomic mass is 32.1. The molecule has 112 valence electrons. The van der Waals surface area contributed by atoms with Crippen LogP contribution in [-0.2, 0) is 6.54 Å². The van der Waals surface area contributed by atoms with Crippen LogP contribution in [0.3, 0.4) is 0 Å². The van der Waals surface area contributed by atoms with Crippen molar-refractivity contribution in [2.24, 2.45) is 0 Å². The summed E-state index contributed by atoms with van der Waals surface area (Å²) in [5, 5.41) is 2.39. The van der Waals surface area contributed by atoms with Crippen molar-refractivity contribution in [3.63, 3.8) is 0 Å². The quantitative estimate of drug-likeness (QED) is 0.693. The molecular formula is C17H16N2O2S. The lowest BCUT2D eigenvalue weighted by molar-refractivity contribution is 0.0970. The molecule has 0 aliphatic carbocycles. The molecule has 0 fully saturated rings.